The van der Waals surface area contributed by atoms with Crippen molar-refractivity contribution in [3.63, 3.8) is 0 Å². The van der Waals surface area contributed by atoms with Gasteiger partial charge in [-0.3, -0.25) is 4.79 Å². The Labute approximate surface area is 97.1 Å². The number of nitrogen functional groups attached to an aromatic ring is 1. The first-order valence-corrected chi connectivity index (χ1v) is 5.56. The zero-order valence-corrected chi connectivity index (χ0v) is 9.54. The number of carbonyl (C=O) groups excluding carboxylic acids is 1. The van der Waals surface area contributed by atoms with Crippen LogP contribution in [0.15, 0.2) is 30.5 Å². The highest BCUT2D eigenvalue weighted by atomic mass is 32.1. The summed E-state index contributed by atoms with van der Waals surface area (Å²) in [5.41, 5.74) is 6.95. The number of benzene rings is 1. The van der Waals surface area contributed by atoms with Gasteiger partial charge in [0.2, 0.25) is 0 Å². The molecule has 0 saturated heterocycles. The number of nitrogens with one attached hydrogen (secondary N) is 1. The molecule has 3 N–H and O–H groups in total. The lowest BCUT2D eigenvalue weighted by Gasteiger charge is -2.02. The van der Waals surface area contributed by atoms with Crippen LogP contribution in [0.3, 0.4) is 0 Å². The second-order valence-corrected chi connectivity index (χ2v) is 4.55. The summed E-state index contributed by atoms with van der Waals surface area (Å²) in [4.78, 5) is 16.4. The smallest absolute Gasteiger partial charge is 0.267 e. The molecule has 16 heavy (non-hydrogen) atoms. The molecule has 5 heteroatoms. The van der Waals surface area contributed by atoms with Gasteiger partial charge in [0.15, 0.2) is 0 Å². The van der Waals surface area contributed by atoms with Crippen LogP contribution in [0.1, 0.15) is 14.7 Å². The van der Waals surface area contributed by atoms with Gasteiger partial charge in [-0.15, -0.1) is 11.3 Å². The number of anilines is 2. The van der Waals surface area contributed by atoms with Crippen molar-refractivity contribution in [3.05, 3.63) is 40.3 Å². The van der Waals surface area contributed by atoms with Crippen molar-refractivity contribution in [1.82, 2.24) is 4.98 Å². The summed E-state index contributed by atoms with van der Waals surface area (Å²) < 4.78 is 0. The summed E-state index contributed by atoms with van der Waals surface area (Å²) in [6.45, 7) is 1.87. The standard InChI is InChI=1S/C11H11N3OS/c1-7-13-6-10(16-7)11(15)14-9-4-2-8(12)3-5-9/h2-6H,12H2,1H3,(H,14,15). The van der Waals surface area contributed by atoms with E-state index in [2.05, 4.69) is 10.3 Å². The second kappa shape index (κ2) is 4.32. The Hall–Kier alpha value is -1.88. The molecule has 0 aliphatic heterocycles. The lowest BCUT2D eigenvalue weighted by atomic mass is 10.3. The summed E-state index contributed by atoms with van der Waals surface area (Å²) in [6.07, 6.45) is 1.58. The maximum Gasteiger partial charge on any atom is 0.267 e. The molecule has 82 valence electrons. The van der Waals surface area contributed by atoms with Crippen molar-refractivity contribution in [2.45, 2.75) is 6.92 Å². The molecule has 4 nitrogen and oxygen atoms in total. The number of amides is 1. The molecule has 0 atom stereocenters. The van der Waals surface area contributed by atoms with E-state index in [1.165, 1.54) is 11.3 Å². The van der Waals surface area contributed by atoms with E-state index in [1.807, 2.05) is 6.92 Å². The fraction of sp³-hybridized carbons (Fsp3) is 0.0909. The molecule has 0 bridgehead atoms. The average Bonchev–Trinajstić information content (AvgIpc) is 2.68. The van der Waals surface area contributed by atoms with E-state index in [0.717, 1.165) is 10.7 Å². The Balaban J connectivity index is 2.10. The summed E-state index contributed by atoms with van der Waals surface area (Å²) in [5.74, 6) is -0.143. The second-order valence-electron chi connectivity index (χ2n) is 3.32. The molecule has 1 heterocycles. The molecule has 0 aliphatic rings. The zero-order chi connectivity index (χ0) is 11.5. The van der Waals surface area contributed by atoms with Crippen molar-refractivity contribution in [2.75, 3.05) is 11.1 Å². The van der Waals surface area contributed by atoms with Crippen molar-refractivity contribution < 1.29 is 4.79 Å². The normalized spacial score (nSPS) is 10.1. The van der Waals surface area contributed by atoms with Crippen LogP contribution in [-0.4, -0.2) is 10.9 Å². The summed E-state index contributed by atoms with van der Waals surface area (Å²) in [6, 6.07) is 7.02. The van der Waals surface area contributed by atoms with E-state index in [9.17, 15) is 4.79 Å². The molecule has 0 radical (unpaired) electrons. The van der Waals surface area contributed by atoms with Gasteiger partial charge in [0.05, 0.1) is 11.2 Å². The van der Waals surface area contributed by atoms with Crippen LogP contribution in [0.2, 0.25) is 0 Å². The Bertz CT molecular complexity index is 504. The van der Waals surface area contributed by atoms with E-state index < -0.39 is 0 Å². The monoisotopic (exact) mass is 233 g/mol. The molecule has 2 aromatic rings. The number of rotatable bonds is 2. The first-order valence-electron chi connectivity index (χ1n) is 4.74. The fourth-order valence-electron chi connectivity index (χ4n) is 1.23. The van der Waals surface area contributed by atoms with Crippen molar-refractivity contribution in [1.29, 1.82) is 0 Å². The van der Waals surface area contributed by atoms with Crippen LogP contribution in [0.5, 0.6) is 0 Å². The molecule has 1 aromatic carbocycles. The summed E-state index contributed by atoms with van der Waals surface area (Å²) in [5, 5.41) is 3.65. The van der Waals surface area contributed by atoms with Gasteiger partial charge in [-0.25, -0.2) is 4.98 Å². The Morgan fingerprint density at radius 2 is 2.06 bits per heavy atom. The highest BCUT2D eigenvalue weighted by Gasteiger charge is 2.08. The molecule has 2 rings (SSSR count). The van der Waals surface area contributed by atoms with Crippen molar-refractivity contribution >= 4 is 28.6 Å². The molecule has 0 spiro atoms. The molecule has 0 unspecified atom stereocenters. The Morgan fingerprint density at radius 3 is 2.62 bits per heavy atom. The molecular formula is C11H11N3OS. The lowest BCUT2D eigenvalue weighted by molar-refractivity contribution is 0.103. The quantitative estimate of drug-likeness (QED) is 0.782. The number of nitrogens with two attached hydrogens (primary N) is 1. The Morgan fingerprint density at radius 1 is 1.38 bits per heavy atom. The van der Waals surface area contributed by atoms with E-state index in [4.69, 9.17) is 5.73 Å². The van der Waals surface area contributed by atoms with Gasteiger partial charge in [-0.05, 0) is 31.2 Å². The molecule has 0 saturated carbocycles. The average molecular weight is 233 g/mol. The molecule has 0 fully saturated rings. The van der Waals surface area contributed by atoms with Gasteiger partial charge in [-0.1, -0.05) is 0 Å². The van der Waals surface area contributed by atoms with E-state index in [1.54, 1.807) is 30.5 Å². The van der Waals surface area contributed by atoms with E-state index in [-0.39, 0.29) is 5.91 Å². The number of nitrogens with zero attached hydrogens (tertiary/aromatic N) is 1. The van der Waals surface area contributed by atoms with Gasteiger partial charge in [0.1, 0.15) is 4.88 Å². The van der Waals surface area contributed by atoms with Crippen molar-refractivity contribution in [3.8, 4) is 0 Å². The number of aromatic nitrogens is 1. The van der Waals surface area contributed by atoms with E-state index >= 15 is 0 Å². The first kappa shape index (κ1) is 10.6. The maximum atomic E-state index is 11.7. The number of hydrogen-bond acceptors (Lipinski definition) is 4. The first-order chi connectivity index (χ1) is 7.65. The van der Waals surface area contributed by atoms with Gasteiger partial charge in [0, 0.05) is 11.4 Å². The molecule has 1 amide bonds. The fourth-order valence-corrected chi connectivity index (χ4v) is 1.90. The third kappa shape index (κ3) is 2.38. The predicted octanol–water partition coefficient (Wildman–Crippen LogP) is 2.29. The number of hydrogen-bond donors (Lipinski definition) is 2. The van der Waals surface area contributed by atoms with Crippen LogP contribution in [0, 0.1) is 6.92 Å². The largest absolute Gasteiger partial charge is 0.399 e. The SMILES string of the molecule is Cc1ncc(C(=O)Nc2ccc(N)cc2)s1. The van der Waals surface area contributed by atoms with Crippen molar-refractivity contribution in [2.24, 2.45) is 0 Å². The third-order valence-corrected chi connectivity index (χ3v) is 2.93. The number of carbonyl (C=O) groups is 1. The maximum absolute atomic E-state index is 11.7. The summed E-state index contributed by atoms with van der Waals surface area (Å²) in [7, 11) is 0. The van der Waals surface area contributed by atoms with Crippen LogP contribution in [-0.2, 0) is 0 Å². The topological polar surface area (TPSA) is 68.0 Å². The summed E-state index contributed by atoms with van der Waals surface area (Å²) >= 11 is 1.37. The van der Waals surface area contributed by atoms with E-state index in [0.29, 0.717) is 10.6 Å². The molecule has 1 aromatic heterocycles. The lowest BCUT2D eigenvalue weighted by Crippen LogP contribution is -2.09. The minimum absolute atomic E-state index is 0.143. The van der Waals surface area contributed by atoms with Crippen LogP contribution in [0.4, 0.5) is 11.4 Å². The molecular weight excluding hydrogens is 222 g/mol. The van der Waals surface area contributed by atoms with Crippen LogP contribution in [0.25, 0.3) is 0 Å². The van der Waals surface area contributed by atoms with Gasteiger partial charge >= 0.3 is 0 Å². The van der Waals surface area contributed by atoms with Crippen LogP contribution < -0.4 is 11.1 Å². The predicted molar refractivity (Wildman–Crippen MR) is 65.7 cm³/mol. The number of aryl methyl sites for hydroxylation is 1. The third-order valence-electron chi connectivity index (χ3n) is 2.01. The highest BCUT2D eigenvalue weighted by molar-refractivity contribution is 7.13. The minimum Gasteiger partial charge on any atom is -0.399 e. The van der Waals surface area contributed by atoms with Crippen LogP contribution >= 0.6 is 11.3 Å². The molecule has 0 aliphatic carbocycles. The van der Waals surface area contributed by atoms with Gasteiger partial charge in [-0.2, -0.15) is 0 Å². The highest BCUT2D eigenvalue weighted by Crippen LogP contribution is 2.15. The zero-order valence-electron chi connectivity index (χ0n) is 8.73. The number of thiazole rings is 1. The van der Waals surface area contributed by atoms with Gasteiger partial charge in [0.25, 0.3) is 5.91 Å². The van der Waals surface area contributed by atoms with Gasteiger partial charge < -0.3 is 11.1 Å². The Kier molecular flexibility index (Phi) is 2.87. The minimum atomic E-state index is -0.143.